The van der Waals surface area contributed by atoms with Gasteiger partial charge in [0.05, 0.1) is 19.6 Å². The molecule has 0 saturated heterocycles. The van der Waals surface area contributed by atoms with Gasteiger partial charge in [-0.3, -0.25) is 0 Å². The SMILES string of the molecule is COc1cc(Br)c(C(Cl)C2CCC(C)CC2)cc1OC. The van der Waals surface area contributed by atoms with E-state index in [1.54, 1.807) is 14.2 Å². The maximum atomic E-state index is 6.74. The Morgan fingerprint density at radius 2 is 1.65 bits per heavy atom. The van der Waals surface area contributed by atoms with Crippen LogP contribution in [0.2, 0.25) is 0 Å². The molecule has 0 amide bonds. The Hall–Kier alpha value is -0.410. The molecule has 1 aliphatic rings. The number of hydrogen-bond acceptors (Lipinski definition) is 2. The second-order valence-electron chi connectivity index (χ2n) is 5.65. The van der Waals surface area contributed by atoms with E-state index < -0.39 is 0 Å². The lowest BCUT2D eigenvalue weighted by Crippen LogP contribution is -2.17. The van der Waals surface area contributed by atoms with Crippen LogP contribution in [0.5, 0.6) is 11.5 Å². The molecule has 1 unspecified atom stereocenters. The summed E-state index contributed by atoms with van der Waals surface area (Å²) in [5.74, 6) is 2.84. The topological polar surface area (TPSA) is 18.5 Å². The quantitative estimate of drug-likeness (QED) is 0.652. The first-order valence-electron chi connectivity index (χ1n) is 7.12. The van der Waals surface area contributed by atoms with Crippen molar-refractivity contribution < 1.29 is 9.47 Å². The van der Waals surface area contributed by atoms with Crippen LogP contribution in [0, 0.1) is 11.8 Å². The van der Waals surface area contributed by atoms with Crippen LogP contribution >= 0.6 is 27.5 Å². The van der Waals surface area contributed by atoms with E-state index in [9.17, 15) is 0 Å². The van der Waals surface area contributed by atoms with Crippen molar-refractivity contribution in [3.8, 4) is 11.5 Å². The molecule has 2 rings (SSSR count). The molecule has 0 radical (unpaired) electrons. The van der Waals surface area contributed by atoms with Gasteiger partial charge >= 0.3 is 0 Å². The Balaban J connectivity index is 2.23. The Bertz CT molecular complexity index is 456. The Morgan fingerprint density at radius 1 is 1.10 bits per heavy atom. The van der Waals surface area contributed by atoms with Crippen molar-refractivity contribution in [2.75, 3.05) is 14.2 Å². The van der Waals surface area contributed by atoms with Crippen LogP contribution in [-0.4, -0.2) is 14.2 Å². The highest BCUT2D eigenvalue weighted by molar-refractivity contribution is 9.10. The van der Waals surface area contributed by atoms with Crippen LogP contribution in [0.25, 0.3) is 0 Å². The molecule has 0 spiro atoms. The van der Waals surface area contributed by atoms with Gasteiger partial charge in [-0.05, 0) is 42.4 Å². The molecule has 0 aliphatic heterocycles. The number of methoxy groups -OCH3 is 2. The highest BCUT2D eigenvalue weighted by atomic mass is 79.9. The third-order valence-corrected chi connectivity index (χ3v) is 5.55. The van der Waals surface area contributed by atoms with E-state index in [-0.39, 0.29) is 5.38 Å². The zero-order chi connectivity index (χ0) is 14.7. The first kappa shape index (κ1) is 16.0. The normalized spacial score (nSPS) is 24.2. The number of benzene rings is 1. The number of alkyl halides is 1. The van der Waals surface area contributed by atoms with Gasteiger partial charge in [0.15, 0.2) is 11.5 Å². The van der Waals surface area contributed by atoms with Gasteiger partial charge in [-0.25, -0.2) is 0 Å². The maximum absolute atomic E-state index is 6.74. The van der Waals surface area contributed by atoms with Gasteiger partial charge in [0, 0.05) is 4.47 Å². The van der Waals surface area contributed by atoms with E-state index in [1.807, 2.05) is 12.1 Å². The minimum atomic E-state index is 0.0247. The molecule has 20 heavy (non-hydrogen) atoms. The minimum absolute atomic E-state index is 0.0247. The maximum Gasteiger partial charge on any atom is 0.161 e. The summed E-state index contributed by atoms with van der Waals surface area (Å²) in [7, 11) is 3.30. The molecular formula is C16H22BrClO2. The van der Waals surface area contributed by atoms with Gasteiger partial charge in [0.1, 0.15) is 0 Å². The summed E-state index contributed by atoms with van der Waals surface area (Å²) in [5.41, 5.74) is 1.10. The van der Waals surface area contributed by atoms with Crippen LogP contribution in [0.1, 0.15) is 43.5 Å². The standard InChI is InChI=1S/C16H22BrClO2/c1-10-4-6-11(7-5-10)16(18)12-8-14(19-2)15(20-3)9-13(12)17/h8-11,16H,4-7H2,1-3H3. The zero-order valence-electron chi connectivity index (χ0n) is 12.3. The molecule has 1 aliphatic carbocycles. The predicted molar refractivity (Wildman–Crippen MR) is 87.0 cm³/mol. The molecule has 4 heteroatoms. The summed E-state index contributed by atoms with van der Waals surface area (Å²) in [5, 5.41) is 0.0247. The second kappa shape index (κ2) is 7.04. The van der Waals surface area contributed by atoms with Crippen molar-refractivity contribution in [1.29, 1.82) is 0 Å². The lowest BCUT2D eigenvalue weighted by molar-refractivity contribution is 0.282. The van der Waals surface area contributed by atoms with Crippen LogP contribution in [-0.2, 0) is 0 Å². The summed E-state index contributed by atoms with van der Waals surface area (Å²) in [6, 6.07) is 3.94. The van der Waals surface area contributed by atoms with E-state index >= 15 is 0 Å². The number of rotatable bonds is 4. The summed E-state index contributed by atoms with van der Waals surface area (Å²) in [4.78, 5) is 0. The molecular weight excluding hydrogens is 340 g/mol. The average Bonchev–Trinajstić information content (AvgIpc) is 2.47. The van der Waals surface area contributed by atoms with Crippen molar-refractivity contribution in [3.05, 3.63) is 22.2 Å². The van der Waals surface area contributed by atoms with Gasteiger partial charge < -0.3 is 9.47 Å². The number of halogens is 2. The van der Waals surface area contributed by atoms with Crippen LogP contribution in [0.4, 0.5) is 0 Å². The molecule has 1 aromatic rings. The zero-order valence-corrected chi connectivity index (χ0v) is 14.6. The van der Waals surface area contributed by atoms with E-state index in [0.29, 0.717) is 5.92 Å². The molecule has 1 fully saturated rings. The first-order valence-corrected chi connectivity index (χ1v) is 8.35. The largest absolute Gasteiger partial charge is 0.493 e. The summed E-state index contributed by atoms with van der Waals surface area (Å²) in [6.45, 7) is 2.33. The van der Waals surface area contributed by atoms with Crippen molar-refractivity contribution in [2.45, 2.75) is 38.0 Å². The Labute approximate surface area is 134 Å². The van der Waals surface area contributed by atoms with Crippen molar-refractivity contribution in [1.82, 2.24) is 0 Å². The van der Waals surface area contributed by atoms with E-state index in [4.69, 9.17) is 21.1 Å². The van der Waals surface area contributed by atoms with Gasteiger partial charge in [-0.1, -0.05) is 35.7 Å². The molecule has 0 aromatic heterocycles. The highest BCUT2D eigenvalue weighted by Gasteiger charge is 2.28. The summed E-state index contributed by atoms with van der Waals surface area (Å²) < 4.78 is 11.7. The predicted octanol–water partition coefficient (Wildman–Crippen LogP) is 5.57. The monoisotopic (exact) mass is 360 g/mol. The van der Waals surface area contributed by atoms with Gasteiger partial charge in [0.2, 0.25) is 0 Å². The third-order valence-electron chi connectivity index (χ3n) is 4.27. The van der Waals surface area contributed by atoms with E-state index in [1.165, 1.54) is 25.7 Å². The van der Waals surface area contributed by atoms with Gasteiger partial charge in [-0.15, -0.1) is 11.6 Å². The fourth-order valence-corrected chi connectivity index (χ4v) is 4.05. The fourth-order valence-electron chi connectivity index (χ4n) is 2.91. The Morgan fingerprint density at radius 3 is 2.20 bits per heavy atom. The summed E-state index contributed by atoms with van der Waals surface area (Å²) in [6.07, 6.45) is 4.96. The molecule has 0 bridgehead atoms. The highest BCUT2D eigenvalue weighted by Crippen LogP contribution is 2.45. The molecule has 1 atom stereocenters. The second-order valence-corrected chi connectivity index (χ2v) is 6.97. The average molecular weight is 362 g/mol. The molecule has 0 N–H and O–H groups in total. The Kier molecular flexibility index (Phi) is 5.62. The first-order chi connectivity index (χ1) is 9.56. The summed E-state index contributed by atoms with van der Waals surface area (Å²) >= 11 is 10.3. The van der Waals surface area contributed by atoms with Gasteiger partial charge in [-0.2, -0.15) is 0 Å². The smallest absolute Gasteiger partial charge is 0.161 e. The van der Waals surface area contributed by atoms with Crippen LogP contribution in [0.15, 0.2) is 16.6 Å². The van der Waals surface area contributed by atoms with E-state index in [2.05, 4.69) is 22.9 Å². The molecule has 0 heterocycles. The molecule has 2 nitrogen and oxygen atoms in total. The third kappa shape index (κ3) is 3.43. The molecule has 112 valence electrons. The van der Waals surface area contributed by atoms with Gasteiger partial charge in [0.25, 0.3) is 0 Å². The molecule has 1 aromatic carbocycles. The lowest BCUT2D eigenvalue weighted by Gasteiger charge is -2.30. The van der Waals surface area contributed by atoms with Crippen molar-refractivity contribution in [3.63, 3.8) is 0 Å². The van der Waals surface area contributed by atoms with Crippen LogP contribution < -0.4 is 9.47 Å². The minimum Gasteiger partial charge on any atom is -0.493 e. The number of ether oxygens (including phenoxy) is 2. The lowest BCUT2D eigenvalue weighted by atomic mass is 9.80. The molecule has 1 saturated carbocycles. The van der Waals surface area contributed by atoms with Crippen molar-refractivity contribution in [2.24, 2.45) is 11.8 Å². The van der Waals surface area contributed by atoms with Crippen LogP contribution in [0.3, 0.4) is 0 Å². The van der Waals surface area contributed by atoms with E-state index in [0.717, 1.165) is 27.5 Å². The fraction of sp³-hybridized carbons (Fsp3) is 0.625. The van der Waals surface area contributed by atoms with Crippen molar-refractivity contribution >= 4 is 27.5 Å². The number of hydrogen-bond donors (Lipinski definition) is 0.